The molecular weight excluding hydrogens is 240 g/mol. The van der Waals surface area contributed by atoms with Crippen LogP contribution >= 0.6 is 0 Å². The van der Waals surface area contributed by atoms with E-state index >= 15 is 0 Å². The second-order valence-electron chi connectivity index (χ2n) is 4.57. The number of hydrogen-bond acceptors (Lipinski definition) is 4. The highest BCUT2D eigenvalue weighted by Gasteiger charge is 2.21. The molecule has 0 bridgehead atoms. The van der Waals surface area contributed by atoms with Gasteiger partial charge in [-0.05, 0) is 31.0 Å². The fourth-order valence-corrected chi connectivity index (χ4v) is 2.14. The summed E-state index contributed by atoms with van der Waals surface area (Å²) in [6.45, 7) is 3.99. The molecule has 0 unspecified atom stereocenters. The fourth-order valence-electron chi connectivity index (χ4n) is 2.14. The van der Waals surface area contributed by atoms with Crippen LogP contribution in [0.25, 0.3) is 22.6 Å². The van der Waals surface area contributed by atoms with Crippen LogP contribution in [-0.4, -0.2) is 5.16 Å². The lowest BCUT2D eigenvalue weighted by Gasteiger charge is -2.02. The van der Waals surface area contributed by atoms with E-state index in [1.807, 2.05) is 44.2 Å². The van der Waals surface area contributed by atoms with Crippen LogP contribution in [0.4, 0.5) is 5.82 Å². The SMILES string of the molecule is Cc1cccc(-c2c(N)noc2-c2occc2C)c1. The minimum Gasteiger partial charge on any atom is -0.461 e. The van der Waals surface area contributed by atoms with Crippen molar-refractivity contribution in [3.63, 3.8) is 0 Å². The lowest BCUT2D eigenvalue weighted by Crippen LogP contribution is -1.89. The number of nitrogens with zero attached hydrogens (tertiary/aromatic N) is 1. The molecular formula is C15H14N2O2. The number of anilines is 1. The van der Waals surface area contributed by atoms with Gasteiger partial charge >= 0.3 is 0 Å². The first kappa shape index (κ1) is 11.6. The van der Waals surface area contributed by atoms with Crippen LogP contribution in [-0.2, 0) is 0 Å². The summed E-state index contributed by atoms with van der Waals surface area (Å²) in [6.07, 6.45) is 1.63. The Kier molecular flexibility index (Phi) is 2.63. The number of hydrogen-bond donors (Lipinski definition) is 1. The molecule has 2 heterocycles. The highest BCUT2D eigenvalue weighted by atomic mass is 16.5. The molecule has 4 nitrogen and oxygen atoms in total. The lowest BCUT2D eigenvalue weighted by molar-refractivity contribution is 0.421. The lowest BCUT2D eigenvalue weighted by atomic mass is 10.0. The van der Waals surface area contributed by atoms with Crippen LogP contribution in [0.2, 0.25) is 0 Å². The van der Waals surface area contributed by atoms with E-state index in [4.69, 9.17) is 14.7 Å². The first-order valence-corrected chi connectivity index (χ1v) is 6.03. The quantitative estimate of drug-likeness (QED) is 0.755. The van der Waals surface area contributed by atoms with Crippen molar-refractivity contribution in [1.29, 1.82) is 0 Å². The first-order chi connectivity index (χ1) is 9.16. The van der Waals surface area contributed by atoms with Gasteiger partial charge in [0.1, 0.15) is 0 Å². The molecule has 0 aliphatic heterocycles. The van der Waals surface area contributed by atoms with E-state index in [-0.39, 0.29) is 0 Å². The molecule has 0 saturated heterocycles. The van der Waals surface area contributed by atoms with Gasteiger partial charge in [-0.1, -0.05) is 35.0 Å². The van der Waals surface area contributed by atoms with Gasteiger partial charge < -0.3 is 14.7 Å². The van der Waals surface area contributed by atoms with E-state index < -0.39 is 0 Å². The Balaban J connectivity index is 2.22. The Morgan fingerprint density at radius 1 is 1.11 bits per heavy atom. The summed E-state index contributed by atoms with van der Waals surface area (Å²) in [4.78, 5) is 0. The maximum absolute atomic E-state index is 5.93. The Labute approximate surface area is 110 Å². The minimum atomic E-state index is 0.372. The molecule has 0 saturated carbocycles. The summed E-state index contributed by atoms with van der Waals surface area (Å²) in [5.41, 5.74) is 9.83. The Hall–Kier alpha value is -2.49. The fraction of sp³-hybridized carbons (Fsp3) is 0.133. The zero-order valence-electron chi connectivity index (χ0n) is 10.8. The van der Waals surface area contributed by atoms with Crippen LogP contribution in [0, 0.1) is 13.8 Å². The molecule has 3 rings (SSSR count). The molecule has 2 N–H and O–H groups in total. The number of rotatable bonds is 2. The highest BCUT2D eigenvalue weighted by molar-refractivity contribution is 5.85. The molecule has 0 amide bonds. The summed E-state index contributed by atoms with van der Waals surface area (Å²) in [6, 6.07) is 9.93. The van der Waals surface area contributed by atoms with Crippen molar-refractivity contribution in [3.05, 3.63) is 47.7 Å². The summed E-state index contributed by atoms with van der Waals surface area (Å²) in [5, 5.41) is 3.86. The molecule has 0 atom stereocenters. The molecule has 3 aromatic rings. The van der Waals surface area contributed by atoms with Crippen LogP contribution < -0.4 is 5.73 Å². The monoisotopic (exact) mass is 254 g/mol. The molecule has 0 radical (unpaired) electrons. The molecule has 0 fully saturated rings. The number of benzene rings is 1. The zero-order chi connectivity index (χ0) is 13.4. The zero-order valence-corrected chi connectivity index (χ0v) is 10.8. The number of aromatic nitrogens is 1. The maximum Gasteiger partial charge on any atom is 0.212 e. The number of nitrogens with two attached hydrogens (primary N) is 1. The average Bonchev–Trinajstić information content (AvgIpc) is 2.95. The van der Waals surface area contributed by atoms with E-state index in [9.17, 15) is 0 Å². The Bertz CT molecular complexity index is 725. The summed E-state index contributed by atoms with van der Waals surface area (Å²) >= 11 is 0. The standard InChI is InChI=1S/C15H14N2O2/c1-9-4-3-5-11(8-9)12-14(19-17-15(12)16)13-10(2)6-7-18-13/h3-8H,1-2H3,(H2,16,17). The number of aryl methyl sites for hydroxylation is 2. The van der Waals surface area contributed by atoms with Crippen molar-refractivity contribution in [2.45, 2.75) is 13.8 Å². The van der Waals surface area contributed by atoms with Crippen LogP contribution in [0.5, 0.6) is 0 Å². The molecule has 0 aliphatic carbocycles. The van der Waals surface area contributed by atoms with Crippen molar-refractivity contribution in [1.82, 2.24) is 5.16 Å². The van der Waals surface area contributed by atoms with Crippen molar-refractivity contribution >= 4 is 5.82 Å². The normalized spacial score (nSPS) is 10.8. The topological polar surface area (TPSA) is 65.2 Å². The molecule has 19 heavy (non-hydrogen) atoms. The van der Waals surface area contributed by atoms with Crippen molar-refractivity contribution in [2.24, 2.45) is 0 Å². The molecule has 1 aromatic carbocycles. The van der Waals surface area contributed by atoms with Gasteiger partial charge in [-0.3, -0.25) is 0 Å². The minimum absolute atomic E-state index is 0.372. The van der Waals surface area contributed by atoms with E-state index in [1.165, 1.54) is 0 Å². The third-order valence-electron chi connectivity index (χ3n) is 3.09. The van der Waals surface area contributed by atoms with Crippen LogP contribution in [0.15, 0.2) is 45.5 Å². The summed E-state index contributed by atoms with van der Waals surface area (Å²) in [7, 11) is 0. The Morgan fingerprint density at radius 3 is 2.63 bits per heavy atom. The first-order valence-electron chi connectivity index (χ1n) is 6.03. The van der Waals surface area contributed by atoms with Gasteiger partial charge in [0.25, 0.3) is 0 Å². The molecule has 0 aliphatic rings. The maximum atomic E-state index is 5.93. The predicted octanol–water partition coefficient (Wildman–Crippen LogP) is 3.80. The van der Waals surface area contributed by atoms with Gasteiger partial charge in [0, 0.05) is 0 Å². The average molecular weight is 254 g/mol. The van der Waals surface area contributed by atoms with E-state index in [1.54, 1.807) is 6.26 Å². The third kappa shape index (κ3) is 1.91. The van der Waals surface area contributed by atoms with Crippen molar-refractivity contribution in [3.8, 4) is 22.6 Å². The van der Waals surface area contributed by atoms with Crippen LogP contribution in [0.1, 0.15) is 11.1 Å². The molecule has 0 spiro atoms. The molecule has 4 heteroatoms. The third-order valence-corrected chi connectivity index (χ3v) is 3.09. The second kappa shape index (κ2) is 4.31. The van der Waals surface area contributed by atoms with E-state index in [2.05, 4.69) is 5.16 Å². The van der Waals surface area contributed by atoms with Gasteiger partial charge in [0.05, 0.1) is 11.8 Å². The smallest absolute Gasteiger partial charge is 0.212 e. The van der Waals surface area contributed by atoms with Gasteiger partial charge in [-0.15, -0.1) is 0 Å². The molecule has 2 aromatic heterocycles. The predicted molar refractivity (Wildman–Crippen MR) is 73.5 cm³/mol. The van der Waals surface area contributed by atoms with Gasteiger partial charge in [0.15, 0.2) is 11.6 Å². The van der Waals surface area contributed by atoms with Crippen LogP contribution in [0.3, 0.4) is 0 Å². The molecule has 96 valence electrons. The largest absolute Gasteiger partial charge is 0.461 e. The number of furan rings is 1. The van der Waals surface area contributed by atoms with Gasteiger partial charge in [0.2, 0.25) is 5.76 Å². The van der Waals surface area contributed by atoms with Gasteiger partial charge in [-0.25, -0.2) is 0 Å². The van der Waals surface area contributed by atoms with E-state index in [0.29, 0.717) is 17.3 Å². The van der Waals surface area contributed by atoms with Crippen molar-refractivity contribution in [2.75, 3.05) is 5.73 Å². The van der Waals surface area contributed by atoms with Crippen molar-refractivity contribution < 1.29 is 8.94 Å². The second-order valence-corrected chi connectivity index (χ2v) is 4.57. The Morgan fingerprint density at radius 2 is 1.95 bits per heavy atom. The summed E-state index contributed by atoms with van der Waals surface area (Å²) < 4.78 is 10.8. The van der Waals surface area contributed by atoms with Gasteiger partial charge in [-0.2, -0.15) is 0 Å². The number of nitrogen functional groups attached to an aromatic ring is 1. The van der Waals surface area contributed by atoms with E-state index in [0.717, 1.165) is 22.3 Å². The summed E-state index contributed by atoms with van der Waals surface area (Å²) in [5.74, 6) is 1.61. The highest BCUT2D eigenvalue weighted by Crippen LogP contribution is 2.38.